The average Bonchev–Trinajstić information content (AvgIpc) is 2.60. The molecule has 130 valence electrons. The van der Waals surface area contributed by atoms with E-state index in [-0.39, 0.29) is 5.91 Å². The highest BCUT2D eigenvalue weighted by molar-refractivity contribution is 14.1. The van der Waals surface area contributed by atoms with Gasteiger partial charge in [-0.05, 0) is 64.6 Å². The summed E-state index contributed by atoms with van der Waals surface area (Å²) in [6.45, 7) is -0.463. The first-order chi connectivity index (χ1) is 12.0. The second-order valence-corrected chi connectivity index (χ2v) is 6.05. The van der Waals surface area contributed by atoms with Crippen molar-refractivity contribution in [1.29, 1.82) is 0 Å². The molecule has 0 saturated heterocycles. The molecule has 2 rings (SSSR count). The second-order valence-electron chi connectivity index (χ2n) is 4.80. The highest BCUT2D eigenvalue weighted by Crippen LogP contribution is 2.27. The van der Waals surface area contributed by atoms with Crippen LogP contribution in [0.1, 0.15) is 15.9 Å². The third-order valence-corrected chi connectivity index (χ3v) is 3.68. The van der Waals surface area contributed by atoms with E-state index >= 15 is 0 Å². The van der Waals surface area contributed by atoms with Crippen LogP contribution in [0.4, 0.5) is 0 Å². The summed E-state index contributed by atoms with van der Waals surface area (Å²) in [4.78, 5) is 22.5. The summed E-state index contributed by atoms with van der Waals surface area (Å²) in [7, 11) is 1.45. The lowest BCUT2D eigenvalue weighted by molar-refractivity contribution is -0.139. The van der Waals surface area contributed by atoms with Crippen LogP contribution in [0.5, 0.6) is 11.5 Å². The molecule has 2 N–H and O–H groups in total. The van der Waals surface area contributed by atoms with Gasteiger partial charge in [0.15, 0.2) is 18.1 Å². The topological polar surface area (TPSA) is 97.2 Å². The minimum atomic E-state index is -1.08. The number of methoxy groups -OCH3 is 1. The molecule has 0 aliphatic carbocycles. The van der Waals surface area contributed by atoms with Crippen LogP contribution < -0.4 is 14.9 Å². The molecule has 0 aromatic heterocycles. The molecule has 0 spiro atoms. The van der Waals surface area contributed by atoms with Gasteiger partial charge in [-0.15, -0.1) is 0 Å². The fraction of sp³-hybridized carbons (Fsp3) is 0.118. The van der Waals surface area contributed by atoms with Gasteiger partial charge in [-0.25, -0.2) is 10.2 Å². The normalized spacial score (nSPS) is 10.5. The number of carboxylic acid groups (broad SMARTS) is 1. The predicted octanol–water partition coefficient (Wildman–Crippen LogP) is 2.53. The van der Waals surface area contributed by atoms with Crippen LogP contribution in [0.25, 0.3) is 0 Å². The number of carboxylic acids is 1. The van der Waals surface area contributed by atoms with Crippen LogP contribution in [-0.4, -0.2) is 36.9 Å². The van der Waals surface area contributed by atoms with Gasteiger partial charge in [-0.2, -0.15) is 5.10 Å². The Balaban J connectivity index is 2.03. The van der Waals surface area contributed by atoms with Crippen molar-refractivity contribution in [2.75, 3.05) is 13.7 Å². The molecule has 25 heavy (non-hydrogen) atoms. The third-order valence-electron chi connectivity index (χ3n) is 3.01. The molecule has 7 nitrogen and oxygen atoms in total. The molecular weight excluding hydrogens is 439 g/mol. The van der Waals surface area contributed by atoms with E-state index in [1.165, 1.54) is 13.3 Å². The fourth-order valence-electron chi connectivity index (χ4n) is 1.88. The molecule has 8 heteroatoms. The van der Waals surface area contributed by atoms with Crippen molar-refractivity contribution in [2.24, 2.45) is 5.10 Å². The molecule has 0 fully saturated rings. The number of carbonyl (C=O) groups is 2. The van der Waals surface area contributed by atoms with Gasteiger partial charge in [-0.1, -0.05) is 6.07 Å². The maximum absolute atomic E-state index is 12.0. The SMILES string of the molecule is COc1cc(/C=N\NC(=O)c2cccc(I)c2)ccc1OCC(=O)O. The van der Waals surface area contributed by atoms with Gasteiger partial charge in [0.2, 0.25) is 0 Å². The van der Waals surface area contributed by atoms with Crippen molar-refractivity contribution >= 4 is 40.7 Å². The van der Waals surface area contributed by atoms with Gasteiger partial charge in [-0.3, -0.25) is 4.79 Å². The monoisotopic (exact) mass is 454 g/mol. The molecule has 2 aromatic carbocycles. The summed E-state index contributed by atoms with van der Waals surface area (Å²) in [5, 5.41) is 12.6. The lowest BCUT2D eigenvalue weighted by Gasteiger charge is -2.09. The van der Waals surface area contributed by atoms with E-state index in [1.807, 2.05) is 6.07 Å². The van der Waals surface area contributed by atoms with Gasteiger partial charge >= 0.3 is 5.97 Å². The molecule has 2 aromatic rings. The Morgan fingerprint density at radius 2 is 2.04 bits per heavy atom. The quantitative estimate of drug-likeness (QED) is 0.381. The van der Waals surface area contributed by atoms with Crippen LogP contribution in [0, 0.1) is 3.57 Å². The van der Waals surface area contributed by atoms with Crippen LogP contribution in [0.15, 0.2) is 47.6 Å². The van der Waals surface area contributed by atoms with Gasteiger partial charge in [0.05, 0.1) is 13.3 Å². The molecule has 0 radical (unpaired) electrons. The first-order valence-corrected chi connectivity index (χ1v) is 8.19. The van der Waals surface area contributed by atoms with Crippen molar-refractivity contribution < 1.29 is 24.2 Å². The van der Waals surface area contributed by atoms with Gasteiger partial charge in [0.25, 0.3) is 5.91 Å². The van der Waals surface area contributed by atoms with Crippen LogP contribution in [0.2, 0.25) is 0 Å². The van der Waals surface area contributed by atoms with Crippen molar-refractivity contribution in [3.8, 4) is 11.5 Å². The number of carbonyl (C=O) groups excluding carboxylic acids is 1. The van der Waals surface area contributed by atoms with E-state index in [4.69, 9.17) is 14.6 Å². The number of amides is 1. The molecule has 0 aliphatic rings. The third kappa shape index (κ3) is 5.75. The first-order valence-electron chi connectivity index (χ1n) is 7.11. The second kappa shape index (κ2) is 9.02. The Bertz CT molecular complexity index is 807. The molecule has 0 atom stereocenters. The largest absolute Gasteiger partial charge is 0.493 e. The maximum Gasteiger partial charge on any atom is 0.341 e. The molecule has 0 saturated carbocycles. The van der Waals surface area contributed by atoms with Crippen molar-refractivity contribution in [1.82, 2.24) is 5.43 Å². The Morgan fingerprint density at radius 1 is 1.24 bits per heavy atom. The summed E-state index contributed by atoms with van der Waals surface area (Å²) in [5.74, 6) is -0.715. The standard InChI is InChI=1S/C17H15IN2O5/c1-24-15-7-11(5-6-14(15)25-10-16(21)22)9-19-20-17(23)12-3-2-4-13(18)8-12/h2-9H,10H2,1H3,(H,20,23)(H,21,22)/b19-9-. The zero-order valence-electron chi connectivity index (χ0n) is 13.2. The molecule has 0 heterocycles. The number of nitrogens with zero attached hydrogens (tertiary/aromatic N) is 1. The highest BCUT2D eigenvalue weighted by atomic mass is 127. The van der Waals surface area contributed by atoms with E-state index in [0.717, 1.165) is 3.57 Å². The van der Waals surface area contributed by atoms with Gasteiger partial charge in [0.1, 0.15) is 0 Å². The summed E-state index contributed by atoms with van der Waals surface area (Å²) >= 11 is 2.13. The van der Waals surface area contributed by atoms with Gasteiger partial charge < -0.3 is 14.6 Å². The maximum atomic E-state index is 12.0. The van der Waals surface area contributed by atoms with E-state index in [9.17, 15) is 9.59 Å². The number of nitrogens with one attached hydrogen (secondary N) is 1. The van der Waals surface area contributed by atoms with E-state index in [0.29, 0.717) is 22.6 Å². The predicted molar refractivity (Wildman–Crippen MR) is 100 cm³/mol. The summed E-state index contributed by atoms with van der Waals surface area (Å²) in [5.41, 5.74) is 3.61. The summed E-state index contributed by atoms with van der Waals surface area (Å²) in [6.07, 6.45) is 1.45. The number of benzene rings is 2. The molecular formula is C17H15IN2O5. The Kier molecular flexibility index (Phi) is 6.75. The average molecular weight is 454 g/mol. The van der Waals surface area contributed by atoms with Gasteiger partial charge in [0, 0.05) is 9.13 Å². The van der Waals surface area contributed by atoms with Crippen LogP contribution in [0.3, 0.4) is 0 Å². The number of aliphatic carboxylic acids is 1. The molecule has 1 amide bonds. The zero-order chi connectivity index (χ0) is 18.2. The Morgan fingerprint density at radius 3 is 2.72 bits per heavy atom. The highest BCUT2D eigenvalue weighted by Gasteiger charge is 2.07. The van der Waals surface area contributed by atoms with Crippen LogP contribution in [-0.2, 0) is 4.79 Å². The van der Waals surface area contributed by atoms with E-state index in [1.54, 1.807) is 36.4 Å². The fourth-order valence-corrected chi connectivity index (χ4v) is 2.43. The van der Waals surface area contributed by atoms with E-state index < -0.39 is 12.6 Å². The molecule has 0 unspecified atom stereocenters. The van der Waals surface area contributed by atoms with E-state index in [2.05, 4.69) is 33.1 Å². The molecule has 0 bridgehead atoms. The number of ether oxygens (including phenoxy) is 2. The van der Waals surface area contributed by atoms with Crippen LogP contribution >= 0.6 is 22.6 Å². The lowest BCUT2D eigenvalue weighted by atomic mass is 10.2. The van der Waals surface area contributed by atoms with Crippen molar-refractivity contribution in [3.63, 3.8) is 0 Å². The number of hydrogen-bond donors (Lipinski definition) is 2. The number of halogens is 1. The number of hydrogen-bond acceptors (Lipinski definition) is 5. The summed E-state index contributed by atoms with van der Waals surface area (Å²) in [6, 6.07) is 12.0. The Hall–Kier alpha value is -2.62. The minimum Gasteiger partial charge on any atom is -0.493 e. The number of hydrazone groups is 1. The lowest BCUT2D eigenvalue weighted by Crippen LogP contribution is -2.17. The summed E-state index contributed by atoms with van der Waals surface area (Å²) < 4.78 is 11.2. The first kappa shape index (κ1) is 18.7. The smallest absolute Gasteiger partial charge is 0.341 e. The Labute approximate surface area is 157 Å². The minimum absolute atomic E-state index is 0.310. The zero-order valence-corrected chi connectivity index (χ0v) is 15.4. The number of rotatable bonds is 7. The van der Waals surface area contributed by atoms with Crippen molar-refractivity contribution in [3.05, 3.63) is 57.2 Å². The molecule has 0 aliphatic heterocycles. The van der Waals surface area contributed by atoms with Crippen molar-refractivity contribution in [2.45, 2.75) is 0 Å².